The van der Waals surface area contributed by atoms with Gasteiger partial charge in [-0.25, -0.2) is 0 Å². The minimum atomic E-state index is -0.607. The van der Waals surface area contributed by atoms with E-state index in [2.05, 4.69) is 6.07 Å². The van der Waals surface area contributed by atoms with E-state index in [1.54, 1.807) is 18.9 Å². The van der Waals surface area contributed by atoms with Crippen LogP contribution in [0, 0.1) is 11.3 Å². The van der Waals surface area contributed by atoms with Crippen LogP contribution >= 0.6 is 11.8 Å². The normalized spacial score (nSPS) is 21.2. The summed E-state index contributed by atoms with van der Waals surface area (Å²) in [6.07, 6.45) is 4.32. The first-order valence-electron chi connectivity index (χ1n) is 6.90. The predicted octanol–water partition coefficient (Wildman–Crippen LogP) is 2.17. The number of hydrogen-bond donors (Lipinski definition) is 1. The van der Waals surface area contributed by atoms with Crippen molar-refractivity contribution < 1.29 is 9.90 Å². The van der Waals surface area contributed by atoms with Crippen LogP contribution in [0.25, 0.3) is 0 Å². The van der Waals surface area contributed by atoms with Crippen molar-refractivity contribution in [1.82, 2.24) is 4.90 Å². The maximum absolute atomic E-state index is 12.2. The highest BCUT2D eigenvalue weighted by Crippen LogP contribution is 2.32. The lowest BCUT2D eigenvalue weighted by Crippen LogP contribution is -2.50. The summed E-state index contributed by atoms with van der Waals surface area (Å²) in [6, 6.07) is 2.35. The number of aliphatic hydroxyl groups is 1. The van der Waals surface area contributed by atoms with E-state index in [-0.39, 0.29) is 11.2 Å². The molecule has 1 N–H and O–H groups in total. The van der Waals surface area contributed by atoms with Crippen LogP contribution in [0.5, 0.6) is 0 Å². The summed E-state index contributed by atoms with van der Waals surface area (Å²) in [5.41, 5.74) is -0.607. The molecular weight excluding hydrogens is 260 g/mol. The average molecular weight is 284 g/mol. The fourth-order valence-electron chi connectivity index (χ4n) is 2.34. The Morgan fingerprint density at radius 3 is 2.47 bits per heavy atom. The molecule has 0 spiro atoms. The topological polar surface area (TPSA) is 64.3 Å². The zero-order valence-electron chi connectivity index (χ0n) is 12.1. The van der Waals surface area contributed by atoms with Crippen LogP contribution in [0.3, 0.4) is 0 Å². The third-order valence-corrected chi connectivity index (χ3v) is 5.39. The first-order valence-corrected chi connectivity index (χ1v) is 7.95. The van der Waals surface area contributed by atoms with E-state index in [0.29, 0.717) is 5.75 Å². The summed E-state index contributed by atoms with van der Waals surface area (Å²) < 4.78 is 0. The molecule has 0 radical (unpaired) electrons. The molecule has 19 heavy (non-hydrogen) atoms. The van der Waals surface area contributed by atoms with Crippen LogP contribution in [0.1, 0.15) is 46.0 Å². The third-order valence-electron chi connectivity index (χ3n) is 4.05. The molecule has 1 fully saturated rings. The second kappa shape index (κ2) is 7.16. The second-order valence-corrected chi connectivity index (χ2v) is 6.78. The summed E-state index contributed by atoms with van der Waals surface area (Å²) >= 11 is 1.44. The molecule has 1 saturated carbocycles. The molecule has 1 aliphatic rings. The number of aliphatic hydroxyl groups excluding tert-OH is 1. The van der Waals surface area contributed by atoms with Crippen molar-refractivity contribution in [3.8, 4) is 6.07 Å². The summed E-state index contributed by atoms with van der Waals surface area (Å²) in [7, 11) is 1.74. The molecule has 0 saturated heterocycles. The molecule has 108 valence electrons. The molecule has 2 atom stereocenters. The Morgan fingerprint density at radius 2 is 2.00 bits per heavy atom. The van der Waals surface area contributed by atoms with Crippen LogP contribution in [0.4, 0.5) is 0 Å². The van der Waals surface area contributed by atoms with E-state index in [4.69, 9.17) is 0 Å². The minimum absolute atomic E-state index is 0.0130. The van der Waals surface area contributed by atoms with Gasteiger partial charge >= 0.3 is 0 Å². The van der Waals surface area contributed by atoms with E-state index in [1.807, 2.05) is 6.92 Å². The lowest BCUT2D eigenvalue weighted by Gasteiger charge is -2.39. The van der Waals surface area contributed by atoms with Gasteiger partial charge in [0.2, 0.25) is 5.91 Å². The molecule has 1 amide bonds. The van der Waals surface area contributed by atoms with Crippen molar-refractivity contribution in [2.75, 3.05) is 12.8 Å². The Labute approximate surface area is 120 Å². The third kappa shape index (κ3) is 4.12. The number of amides is 1. The number of nitriles is 1. The van der Waals surface area contributed by atoms with Crippen molar-refractivity contribution in [2.45, 2.75) is 62.8 Å². The lowest BCUT2D eigenvalue weighted by molar-refractivity contribution is -0.131. The van der Waals surface area contributed by atoms with Crippen LogP contribution < -0.4 is 0 Å². The Kier molecular flexibility index (Phi) is 6.15. The Hall–Kier alpha value is -0.730. The van der Waals surface area contributed by atoms with E-state index in [0.717, 1.165) is 32.1 Å². The van der Waals surface area contributed by atoms with Gasteiger partial charge in [-0.05, 0) is 19.8 Å². The number of nitrogens with zero attached hydrogens (tertiary/aromatic N) is 2. The van der Waals surface area contributed by atoms with Gasteiger partial charge in [0.05, 0.1) is 17.9 Å². The first-order chi connectivity index (χ1) is 8.93. The predicted molar refractivity (Wildman–Crippen MR) is 77.8 cm³/mol. The van der Waals surface area contributed by atoms with E-state index in [1.165, 1.54) is 11.8 Å². The molecule has 4 nitrogen and oxygen atoms in total. The van der Waals surface area contributed by atoms with Crippen molar-refractivity contribution >= 4 is 17.7 Å². The fraction of sp³-hybridized carbons (Fsp3) is 0.857. The van der Waals surface area contributed by atoms with Crippen LogP contribution in [0.15, 0.2) is 0 Å². The number of rotatable bonds is 5. The van der Waals surface area contributed by atoms with Gasteiger partial charge in [0.15, 0.2) is 0 Å². The molecule has 0 aromatic heterocycles. The number of thioether (sulfide) groups is 1. The zero-order chi connectivity index (χ0) is 14.5. The molecule has 2 unspecified atom stereocenters. The SMILES string of the molecule is CC(O)C(C)SCC(=O)N(C)C1(C#N)CCCCC1. The van der Waals surface area contributed by atoms with Gasteiger partial charge in [0.25, 0.3) is 0 Å². The van der Waals surface area contributed by atoms with Crippen LogP contribution in [-0.4, -0.2) is 45.6 Å². The van der Waals surface area contributed by atoms with E-state index < -0.39 is 11.6 Å². The highest BCUT2D eigenvalue weighted by Gasteiger charge is 2.38. The summed E-state index contributed by atoms with van der Waals surface area (Å²) in [5, 5.41) is 18.9. The van der Waals surface area contributed by atoms with E-state index >= 15 is 0 Å². The second-order valence-electron chi connectivity index (χ2n) is 5.41. The number of carbonyl (C=O) groups excluding carboxylic acids is 1. The van der Waals surface area contributed by atoms with Gasteiger partial charge in [-0.15, -0.1) is 11.8 Å². The Bertz CT molecular complexity index is 346. The zero-order valence-corrected chi connectivity index (χ0v) is 12.9. The molecular formula is C14H24N2O2S. The standard InChI is InChI=1S/C14H24N2O2S/c1-11(17)12(2)19-9-13(18)16(3)14(10-15)7-5-4-6-8-14/h11-12,17H,4-9H2,1-3H3. The molecule has 1 rings (SSSR count). The van der Waals surface area contributed by atoms with Gasteiger partial charge in [-0.2, -0.15) is 5.26 Å². The summed E-state index contributed by atoms with van der Waals surface area (Å²) in [6.45, 7) is 3.63. The maximum atomic E-state index is 12.2. The average Bonchev–Trinajstić information content (AvgIpc) is 2.43. The Morgan fingerprint density at radius 1 is 1.42 bits per heavy atom. The van der Waals surface area contributed by atoms with Crippen LogP contribution in [-0.2, 0) is 4.79 Å². The first kappa shape index (κ1) is 16.3. The van der Waals surface area contributed by atoms with Crippen molar-refractivity contribution in [3.05, 3.63) is 0 Å². The highest BCUT2D eigenvalue weighted by atomic mass is 32.2. The number of hydrogen-bond acceptors (Lipinski definition) is 4. The molecule has 0 heterocycles. The van der Waals surface area contributed by atoms with Crippen molar-refractivity contribution in [2.24, 2.45) is 0 Å². The molecule has 0 aliphatic heterocycles. The Balaban J connectivity index is 2.58. The van der Waals surface area contributed by atoms with Gasteiger partial charge in [-0.3, -0.25) is 4.79 Å². The van der Waals surface area contributed by atoms with Crippen molar-refractivity contribution in [3.63, 3.8) is 0 Å². The lowest BCUT2D eigenvalue weighted by atomic mass is 9.81. The molecule has 0 aromatic rings. The molecule has 0 bridgehead atoms. The quantitative estimate of drug-likeness (QED) is 0.840. The van der Waals surface area contributed by atoms with E-state index in [9.17, 15) is 15.2 Å². The molecule has 5 heteroatoms. The van der Waals surface area contributed by atoms with Gasteiger partial charge in [0, 0.05) is 12.3 Å². The van der Waals surface area contributed by atoms with Crippen molar-refractivity contribution in [1.29, 1.82) is 5.26 Å². The fourth-order valence-corrected chi connectivity index (χ4v) is 3.21. The largest absolute Gasteiger partial charge is 0.392 e. The van der Waals surface area contributed by atoms with Gasteiger partial charge in [0.1, 0.15) is 5.54 Å². The number of carbonyl (C=O) groups is 1. The maximum Gasteiger partial charge on any atom is 0.233 e. The van der Waals surface area contributed by atoms with Gasteiger partial charge in [-0.1, -0.05) is 26.2 Å². The molecule has 0 aromatic carbocycles. The smallest absolute Gasteiger partial charge is 0.233 e. The highest BCUT2D eigenvalue weighted by molar-refractivity contribution is 8.00. The summed E-state index contributed by atoms with van der Waals surface area (Å²) in [4.78, 5) is 13.8. The van der Waals surface area contributed by atoms with Gasteiger partial charge < -0.3 is 10.0 Å². The summed E-state index contributed by atoms with van der Waals surface area (Å²) in [5.74, 6) is 0.312. The monoisotopic (exact) mass is 284 g/mol. The molecule has 1 aliphatic carbocycles. The minimum Gasteiger partial charge on any atom is -0.392 e. The van der Waals surface area contributed by atoms with Crippen LogP contribution in [0.2, 0.25) is 0 Å².